The lowest BCUT2D eigenvalue weighted by Crippen LogP contribution is -2.25. The Hall–Kier alpha value is -0.120. The summed E-state index contributed by atoms with van der Waals surface area (Å²) in [6, 6.07) is 0. The Kier molecular flexibility index (Phi) is 8.14. The summed E-state index contributed by atoms with van der Waals surface area (Å²) in [6.07, 6.45) is 0.770. The topological polar surface area (TPSA) is 27.7 Å². The monoisotopic (exact) mass is 203 g/mol. The fourth-order valence-corrected chi connectivity index (χ4v) is 0.813. The third kappa shape index (κ3) is 8.48. The summed E-state index contributed by atoms with van der Waals surface area (Å²) in [5, 5.41) is 0. The summed E-state index contributed by atoms with van der Waals surface area (Å²) < 4.78 is 16.0. The summed E-state index contributed by atoms with van der Waals surface area (Å²) >= 11 is 0. The van der Waals surface area contributed by atoms with Crippen LogP contribution in [0.1, 0.15) is 27.2 Å². The molecule has 14 heavy (non-hydrogen) atoms. The molecular formula is C11H23O3. The minimum absolute atomic E-state index is 0.136. The second-order valence-electron chi connectivity index (χ2n) is 3.67. The van der Waals surface area contributed by atoms with Gasteiger partial charge in [0, 0.05) is 6.61 Å². The fourth-order valence-electron chi connectivity index (χ4n) is 0.813. The molecule has 3 heteroatoms. The van der Waals surface area contributed by atoms with E-state index in [9.17, 15) is 0 Å². The summed E-state index contributed by atoms with van der Waals surface area (Å²) in [4.78, 5) is 0. The van der Waals surface area contributed by atoms with Crippen molar-refractivity contribution < 1.29 is 14.2 Å². The van der Waals surface area contributed by atoms with Crippen molar-refractivity contribution in [1.82, 2.24) is 0 Å². The van der Waals surface area contributed by atoms with Crippen LogP contribution in [0.5, 0.6) is 0 Å². The molecule has 0 amide bonds. The van der Waals surface area contributed by atoms with E-state index >= 15 is 0 Å². The molecule has 0 rings (SSSR count). The average molecular weight is 203 g/mol. The van der Waals surface area contributed by atoms with E-state index in [1.54, 1.807) is 0 Å². The van der Waals surface area contributed by atoms with Crippen LogP contribution in [-0.4, -0.2) is 38.6 Å². The molecule has 0 spiro atoms. The van der Waals surface area contributed by atoms with Crippen LogP contribution in [0.2, 0.25) is 0 Å². The maximum absolute atomic E-state index is 5.56. The highest BCUT2D eigenvalue weighted by Gasteiger charge is 2.14. The smallest absolute Gasteiger partial charge is 0.0707 e. The molecule has 0 bridgehead atoms. The van der Waals surface area contributed by atoms with Crippen LogP contribution in [0.25, 0.3) is 0 Å². The van der Waals surface area contributed by atoms with Gasteiger partial charge in [0.15, 0.2) is 0 Å². The van der Waals surface area contributed by atoms with E-state index in [1.807, 2.05) is 20.8 Å². The van der Waals surface area contributed by atoms with Crippen molar-refractivity contribution >= 4 is 0 Å². The first-order chi connectivity index (χ1) is 6.62. The van der Waals surface area contributed by atoms with E-state index in [0.29, 0.717) is 26.4 Å². The summed E-state index contributed by atoms with van der Waals surface area (Å²) in [7, 11) is 0. The molecule has 0 aromatic carbocycles. The van der Waals surface area contributed by atoms with Gasteiger partial charge in [-0.1, -0.05) is 6.92 Å². The minimum atomic E-state index is -0.136. The molecule has 0 aliphatic rings. The lowest BCUT2D eigenvalue weighted by molar-refractivity contribution is -0.0502. The number of rotatable bonds is 9. The maximum atomic E-state index is 5.56. The molecule has 85 valence electrons. The lowest BCUT2D eigenvalue weighted by Gasteiger charge is -2.23. The van der Waals surface area contributed by atoms with Crippen LogP contribution in [0.15, 0.2) is 0 Å². The maximum Gasteiger partial charge on any atom is 0.0707 e. The third-order valence-electron chi connectivity index (χ3n) is 1.90. The Morgan fingerprint density at radius 3 is 2.14 bits per heavy atom. The van der Waals surface area contributed by atoms with Crippen molar-refractivity contribution in [3.8, 4) is 0 Å². The zero-order valence-corrected chi connectivity index (χ0v) is 9.67. The highest BCUT2D eigenvalue weighted by molar-refractivity contribution is 4.68. The SMILES string of the molecule is [CH2]CC(C)(C)OCCOCCOCC. The number of hydrogen-bond donors (Lipinski definition) is 0. The molecule has 0 aromatic rings. The van der Waals surface area contributed by atoms with Gasteiger partial charge in [-0.2, -0.15) is 0 Å². The van der Waals surface area contributed by atoms with Crippen LogP contribution >= 0.6 is 0 Å². The van der Waals surface area contributed by atoms with Gasteiger partial charge in [-0.3, -0.25) is 0 Å². The van der Waals surface area contributed by atoms with Crippen molar-refractivity contribution in [3.63, 3.8) is 0 Å². The summed E-state index contributed by atoms with van der Waals surface area (Å²) in [5.74, 6) is 0. The predicted octanol–water partition coefficient (Wildman–Crippen LogP) is 2.06. The zero-order chi connectivity index (χ0) is 10.9. The largest absolute Gasteiger partial charge is 0.379 e. The molecule has 0 aliphatic heterocycles. The third-order valence-corrected chi connectivity index (χ3v) is 1.90. The standard InChI is InChI=1S/C11H23O3/c1-5-11(3,4)14-10-9-13-8-7-12-6-2/h1,5-10H2,2-4H3. The van der Waals surface area contributed by atoms with Crippen molar-refractivity contribution in [2.24, 2.45) is 0 Å². The molecule has 0 atom stereocenters. The van der Waals surface area contributed by atoms with Crippen LogP contribution < -0.4 is 0 Å². The van der Waals surface area contributed by atoms with Crippen LogP contribution in [0.3, 0.4) is 0 Å². The van der Waals surface area contributed by atoms with Gasteiger partial charge in [-0.25, -0.2) is 0 Å². The van der Waals surface area contributed by atoms with E-state index in [2.05, 4.69) is 6.92 Å². The molecule has 3 nitrogen and oxygen atoms in total. The van der Waals surface area contributed by atoms with Crippen molar-refractivity contribution in [3.05, 3.63) is 6.92 Å². The van der Waals surface area contributed by atoms with E-state index in [-0.39, 0.29) is 5.60 Å². The first-order valence-electron chi connectivity index (χ1n) is 5.21. The van der Waals surface area contributed by atoms with Crippen LogP contribution in [0, 0.1) is 6.92 Å². The number of ether oxygens (including phenoxy) is 3. The highest BCUT2D eigenvalue weighted by atomic mass is 16.5. The molecule has 0 aliphatic carbocycles. The Morgan fingerprint density at radius 1 is 1.00 bits per heavy atom. The molecule has 0 fully saturated rings. The average Bonchev–Trinajstić information content (AvgIpc) is 2.16. The first-order valence-corrected chi connectivity index (χ1v) is 5.21. The Labute approximate surface area is 87.7 Å². The van der Waals surface area contributed by atoms with E-state index in [1.165, 1.54) is 0 Å². The second-order valence-corrected chi connectivity index (χ2v) is 3.67. The molecule has 0 N–H and O–H groups in total. The molecular weight excluding hydrogens is 180 g/mol. The second kappa shape index (κ2) is 8.21. The van der Waals surface area contributed by atoms with E-state index < -0.39 is 0 Å². The summed E-state index contributed by atoms with van der Waals surface area (Å²) in [6.45, 7) is 13.1. The van der Waals surface area contributed by atoms with Gasteiger partial charge in [0.2, 0.25) is 0 Å². The van der Waals surface area contributed by atoms with Gasteiger partial charge >= 0.3 is 0 Å². The number of hydrogen-bond acceptors (Lipinski definition) is 3. The molecule has 0 heterocycles. The molecule has 0 saturated carbocycles. The quantitative estimate of drug-likeness (QED) is 0.537. The van der Waals surface area contributed by atoms with E-state index in [0.717, 1.165) is 13.0 Å². The van der Waals surface area contributed by atoms with Crippen molar-refractivity contribution in [2.45, 2.75) is 32.8 Å². The van der Waals surface area contributed by atoms with Crippen molar-refractivity contribution in [2.75, 3.05) is 33.0 Å². The van der Waals surface area contributed by atoms with Gasteiger partial charge in [-0.15, -0.1) is 0 Å². The zero-order valence-electron chi connectivity index (χ0n) is 9.67. The Morgan fingerprint density at radius 2 is 1.57 bits per heavy atom. The molecule has 0 unspecified atom stereocenters. The predicted molar refractivity (Wildman–Crippen MR) is 57.3 cm³/mol. The normalized spacial score (nSPS) is 12.0. The van der Waals surface area contributed by atoms with Crippen LogP contribution in [0.4, 0.5) is 0 Å². The van der Waals surface area contributed by atoms with Gasteiger partial charge in [-0.05, 0) is 27.2 Å². The van der Waals surface area contributed by atoms with Gasteiger partial charge in [0.1, 0.15) is 0 Å². The van der Waals surface area contributed by atoms with E-state index in [4.69, 9.17) is 14.2 Å². The molecule has 1 radical (unpaired) electrons. The molecule has 0 aromatic heterocycles. The molecule has 0 saturated heterocycles. The van der Waals surface area contributed by atoms with Gasteiger partial charge < -0.3 is 14.2 Å². The van der Waals surface area contributed by atoms with Gasteiger partial charge in [0.25, 0.3) is 0 Å². The Bertz CT molecular complexity index is 124. The van der Waals surface area contributed by atoms with Gasteiger partial charge in [0.05, 0.1) is 32.0 Å². The van der Waals surface area contributed by atoms with Crippen molar-refractivity contribution in [1.29, 1.82) is 0 Å². The minimum Gasteiger partial charge on any atom is -0.379 e. The lowest BCUT2D eigenvalue weighted by atomic mass is 10.1. The summed E-state index contributed by atoms with van der Waals surface area (Å²) in [5.41, 5.74) is -0.136. The fraction of sp³-hybridized carbons (Fsp3) is 0.909. The van der Waals surface area contributed by atoms with Crippen LogP contribution in [-0.2, 0) is 14.2 Å². The first kappa shape index (κ1) is 13.9. The Balaban J connectivity index is 3.13. The highest BCUT2D eigenvalue weighted by Crippen LogP contribution is 2.12.